The molecule has 3 rings (SSSR count). The summed E-state index contributed by atoms with van der Waals surface area (Å²) in [6, 6.07) is 13.8. The second-order valence-electron chi connectivity index (χ2n) is 4.69. The van der Waals surface area contributed by atoms with Crippen molar-refractivity contribution < 1.29 is 4.79 Å². The van der Waals surface area contributed by atoms with E-state index in [0.717, 1.165) is 12.1 Å². The van der Waals surface area contributed by atoms with Crippen molar-refractivity contribution in [1.29, 1.82) is 0 Å². The van der Waals surface area contributed by atoms with Gasteiger partial charge >= 0.3 is 0 Å². The van der Waals surface area contributed by atoms with Crippen LogP contribution in [0.25, 0.3) is 0 Å². The fourth-order valence-corrected chi connectivity index (χ4v) is 2.61. The van der Waals surface area contributed by atoms with Gasteiger partial charge < -0.3 is 5.32 Å². The van der Waals surface area contributed by atoms with Crippen LogP contribution in [-0.4, -0.2) is 10.9 Å². The molecule has 3 nitrogen and oxygen atoms in total. The van der Waals surface area contributed by atoms with Crippen LogP contribution in [0.4, 0.5) is 5.69 Å². The summed E-state index contributed by atoms with van der Waals surface area (Å²) in [5.41, 5.74) is 1.97. The van der Waals surface area contributed by atoms with Gasteiger partial charge in [0.25, 0.3) is 0 Å². The summed E-state index contributed by atoms with van der Waals surface area (Å²) in [5, 5.41) is 2.92. The molecule has 1 aromatic heterocycles. The molecule has 2 unspecified atom stereocenters. The lowest BCUT2D eigenvalue weighted by Crippen LogP contribution is -2.15. The van der Waals surface area contributed by atoms with Crippen LogP contribution in [0.2, 0.25) is 0 Å². The number of halogens is 1. The molecule has 4 heteroatoms. The van der Waals surface area contributed by atoms with Crippen molar-refractivity contribution in [2.75, 3.05) is 5.32 Å². The average molecular weight is 317 g/mol. The molecule has 0 aliphatic heterocycles. The average Bonchev–Trinajstić information content (AvgIpc) is 3.23. The molecule has 2 aromatic rings. The Morgan fingerprint density at radius 2 is 2.00 bits per heavy atom. The zero-order chi connectivity index (χ0) is 13.2. The van der Waals surface area contributed by atoms with Crippen molar-refractivity contribution in [2.24, 2.45) is 5.92 Å². The van der Waals surface area contributed by atoms with Gasteiger partial charge in [-0.25, -0.2) is 4.98 Å². The molecule has 1 fully saturated rings. The van der Waals surface area contributed by atoms with E-state index < -0.39 is 0 Å². The lowest BCUT2D eigenvalue weighted by Gasteiger charge is -2.06. The molecule has 1 aliphatic carbocycles. The predicted octanol–water partition coefficient (Wildman–Crippen LogP) is 3.59. The largest absolute Gasteiger partial charge is 0.324 e. The Morgan fingerprint density at radius 1 is 1.21 bits per heavy atom. The molecular formula is C15H13BrN2O. The zero-order valence-electron chi connectivity index (χ0n) is 10.2. The van der Waals surface area contributed by atoms with Crippen molar-refractivity contribution in [3.05, 3.63) is 58.8 Å². The topological polar surface area (TPSA) is 42.0 Å². The van der Waals surface area contributed by atoms with Crippen molar-refractivity contribution in [1.82, 2.24) is 4.98 Å². The van der Waals surface area contributed by atoms with Crippen LogP contribution >= 0.6 is 15.9 Å². The van der Waals surface area contributed by atoms with Crippen LogP contribution < -0.4 is 5.32 Å². The predicted molar refractivity (Wildman–Crippen MR) is 77.9 cm³/mol. The SMILES string of the molecule is O=C(Nc1cccnc1Br)C1CC1c1ccccc1. The molecule has 0 radical (unpaired) electrons. The van der Waals surface area contributed by atoms with Crippen LogP contribution in [0.15, 0.2) is 53.3 Å². The number of carbonyl (C=O) groups excluding carboxylic acids is 1. The minimum absolute atomic E-state index is 0.0718. The first-order valence-corrected chi connectivity index (χ1v) is 7.01. The molecule has 0 saturated heterocycles. The van der Waals surface area contributed by atoms with Gasteiger partial charge in [-0.2, -0.15) is 0 Å². The fraction of sp³-hybridized carbons (Fsp3) is 0.200. The van der Waals surface area contributed by atoms with Crippen molar-refractivity contribution in [2.45, 2.75) is 12.3 Å². The maximum absolute atomic E-state index is 12.2. The summed E-state index contributed by atoms with van der Waals surface area (Å²) in [6.07, 6.45) is 2.61. The highest BCUT2D eigenvalue weighted by molar-refractivity contribution is 9.10. The van der Waals surface area contributed by atoms with E-state index in [0.29, 0.717) is 10.5 Å². The van der Waals surface area contributed by atoms with Crippen LogP contribution in [-0.2, 0) is 4.79 Å². The molecule has 1 aliphatic rings. The summed E-state index contributed by atoms with van der Waals surface area (Å²) in [4.78, 5) is 16.2. The standard InChI is InChI=1S/C15H13BrN2O/c16-14-13(7-4-8-17-14)18-15(19)12-9-11(12)10-5-2-1-3-6-10/h1-8,11-12H,9H2,(H,18,19). The van der Waals surface area contributed by atoms with Crippen LogP contribution in [0.1, 0.15) is 17.9 Å². The maximum atomic E-state index is 12.2. The van der Waals surface area contributed by atoms with E-state index in [4.69, 9.17) is 0 Å². The fourth-order valence-electron chi connectivity index (χ4n) is 2.26. The summed E-state index contributed by atoms with van der Waals surface area (Å²) in [7, 11) is 0. The lowest BCUT2D eigenvalue weighted by atomic mass is 10.1. The molecule has 0 spiro atoms. The van der Waals surface area contributed by atoms with E-state index in [2.05, 4.69) is 38.4 Å². The number of nitrogens with zero attached hydrogens (tertiary/aromatic N) is 1. The van der Waals surface area contributed by atoms with Gasteiger partial charge in [-0.1, -0.05) is 30.3 Å². The van der Waals surface area contributed by atoms with E-state index in [-0.39, 0.29) is 11.8 Å². The minimum atomic E-state index is 0.0718. The number of hydrogen-bond acceptors (Lipinski definition) is 2. The van der Waals surface area contributed by atoms with E-state index in [1.54, 1.807) is 6.20 Å². The molecule has 1 heterocycles. The Bertz CT molecular complexity index is 600. The van der Waals surface area contributed by atoms with Gasteiger partial charge in [-0.15, -0.1) is 0 Å². The Kier molecular flexibility index (Phi) is 3.34. The van der Waals surface area contributed by atoms with Crippen LogP contribution in [0.3, 0.4) is 0 Å². The van der Waals surface area contributed by atoms with Gasteiger partial charge in [0.15, 0.2) is 0 Å². The van der Waals surface area contributed by atoms with Gasteiger partial charge in [0, 0.05) is 12.1 Å². The third-order valence-corrected chi connectivity index (χ3v) is 4.00. The van der Waals surface area contributed by atoms with Gasteiger partial charge in [-0.05, 0) is 46.0 Å². The van der Waals surface area contributed by atoms with Gasteiger partial charge in [-0.3, -0.25) is 4.79 Å². The Morgan fingerprint density at radius 3 is 2.74 bits per heavy atom. The summed E-state index contributed by atoms with van der Waals surface area (Å²) >= 11 is 3.33. The van der Waals surface area contributed by atoms with Gasteiger partial charge in [0.05, 0.1) is 5.69 Å². The van der Waals surface area contributed by atoms with E-state index in [1.807, 2.05) is 30.3 Å². The Labute approximate surface area is 120 Å². The van der Waals surface area contributed by atoms with Crippen molar-refractivity contribution in [3.8, 4) is 0 Å². The smallest absolute Gasteiger partial charge is 0.228 e. The second kappa shape index (κ2) is 5.13. The summed E-state index contributed by atoms with van der Waals surface area (Å²) in [6.45, 7) is 0. The monoisotopic (exact) mass is 316 g/mol. The van der Waals surface area contributed by atoms with Crippen LogP contribution in [0, 0.1) is 5.92 Å². The number of aromatic nitrogens is 1. The molecule has 1 aromatic carbocycles. The first kappa shape index (κ1) is 12.4. The molecule has 1 N–H and O–H groups in total. The van der Waals surface area contributed by atoms with Crippen LogP contribution in [0.5, 0.6) is 0 Å². The number of pyridine rings is 1. The number of benzene rings is 1. The first-order chi connectivity index (χ1) is 9.25. The highest BCUT2D eigenvalue weighted by Gasteiger charge is 2.43. The highest BCUT2D eigenvalue weighted by atomic mass is 79.9. The highest BCUT2D eigenvalue weighted by Crippen LogP contribution is 2.47. The van der Waals surface area contributed by atoms with Crippen molar-refractivity contribution >= 4 is 27.5 Å². The second-order valence-corrected chi connectivity index (χ2v) is 5.44. The molecule has 1 amide bonds. The summed E-state index contributed by atoms with van der Waals surface area (Å²) in [5.74, 6) is 0.508. The third-order valence-electron chi connectivity index (χ3n) is 3.37. The quantitative estimate of drug-likeness (QED) is 0.879. The first-order valence-electron chi connectivity index (χ1n) is 6.22. The number of carbonyl (C=O) groups is 1. The number of rotatable bonds is 3. The third kappa shape index (κ3) is 2.68. The molecule has 19 heavy (non-hydrogen) atoms. The molecule has 2 atom stereocenters. The number of anilines is 1. The van der Waals surface area contributed by atoms with Gasteiger partial charge in [0.1, 0.15) is 4.60 Å². The van der Waals surface area contributed by atoms with E-state index in [1.165, 1.54) is 5.56 Å². The number of nitrogens with one attached hydrogen (secondary N) is 1. The van der Waals surface area contributed by atoms with E-state index in [9.17, 15) is 4.79 Å². The Balaban J connectivity index is 1.66. The van der Waals surface area contributed by atoms with Crippen molar-refractivity contribution in [3.63, 3.8) is 0 Å². The minimum Gasteiger partial charge on any atom is -0.324 e. The maximum Gasteiger partial charge on any atom is 0.228 e. The zero-order valence-corrected chi connectivity index (χ0v) is 11.8. The molecule has 0 bridgehead atoms. The summed E-state index contributed by atoms with van der Waals surface area (Å²) < 4.78 is 0.667. The number of hydrogen-bond donors (Lipinski definition) is 1. The van der Waals surface area contributed by atoms with Gasteiger partial charge in [0.2, 0.25) is 5.91 Å². The molecular weight excluding hydrogens is 304 g/mol. The lowest BCUT2D eigenvalue weighted by molar-refractivity contribution is -0.117. The Hall–Kier alpha value is -1.68. The number of amides is 1. The molecule has 1 saturated carbocycles. The normalized spacial score (nSPS) is 20.9. The molecule has 96 valence electrons. The van der Waals surface area contributed by atoms with E-state index >= 15 is 0 Å².